The number of likely N-dealkylation sites (tertiary alicyclic amines) is 1. The van der Waals surface area contributed by atoms with Gasteiger partial charge in [0, 0.05) is 6.07 Å². The fraction of sp³-hybridized carbons (Fsp3) is 0.286. The Labute approximate surface area is 124 Å². The number of nitrogens with one attached hydrogen (secondary N) is 1. The molecule has 0 aliphatic carbocycles. The second-order valence-corrected chi connectivity index (χ2v) is 5.72. The van der Waals surface area contributed by atoms with Gasteiger partial charge in [-0.05, 0) is 24.4 Å². The molecular weight excluding hydrogens is 292 g/mol. The number of hydrogen-bond acceptors (Lipinski definition) is 5. The highest BCUT2D eigenvalue weighted by Gasteiger charge is 2.32. The average Bonchev–Trinajstić information content (AvgIpc) is 2.84. The van der Waals surface area contributed by atoms with E-state index in [1.54, 1.807) is 17.9 Å². The van der Waals surface area contributed by atoms with Crippen LogP contribution in [0.25, 0.3) is 0 Å². The number of thiophene rings is 1. The highest BCUT2D eigenvalue weighted by Crippen LogP contribution is 2.20. The number of rotatable bonds is 3. The number of carbonyl (C=O) groups excluding carboxylic acids is 1. The Balaban J connectivity index is 1.51. The molecule has 1 saturated heterocycles. The lowest BCUT2D eigenvalue weighted by atomic mass is 10.2. The summed E-state index contributed by atoms with van der Waals surface area (Å²) >= 11 is 1.47. The number of anilines is 1. The Bertz CT molecular complexity index is 689. The average molecular weight is 306 g/mol. The molecule has 0 bridgehead atoms. The number of urea groups is 1. The van der Waals surface area contributed by atoms with Gasteiger partial charge in [-0.1, -0.05) is 0 Å². The van der Waals surface area contributed by atoms with Crippen molar-refractivity contribution < 1.29 is 13.9 Å². The minimum atomic E-state index is -0.434. The van der Waals surface area contributed by atoms with Gasteiger partial charge in [-0.2, -0.15) is 0 Å². The molecule has 0 spiro atoms. The molecule has 110 valence electrons. The number of hydrogen-bond donors (Lipinski definition) is 1. The Morgan fingerprint density at radius 3 is 2.95 bits per heavy atom. The molecule has 3 rings (SSSR count). The molecule has 2 amide bonds. The van der Waals surface area contributed by atoms with Crippen molar-refractivity contribution in [3.63, 3.8) is 0 Å². The van der Waals surface area contributed by atoms with Crippen LogP contribution >= 0.6 is 11.3 Å². The van der Waals surface area contributed by atoms with Crippen LogP contribution in [0.15, 0.2) is 38.9 Å². The summed E-state index contributed by atoms with van der Waals surface area (Å²) in [6.45, 7) is 2.68. The second kappa shape index (κ2) is 5.61. The van der Waals surface area contributed by atoms with Crippen LogP contribution < -0.4 is 15.7 Å². The van der Waals surface area contributed by atoms with Gasteiger partial charge < -0.3 is 14.1 Å². The Morgan fingerprint density at radius 2 is 2.29 bits per heavy atom. The van der Waals surface area contributed by atoms with Crippen molar-refractivity contribution in [2.24, 2.45) is 0 Å². The number of nitrogens with zero attached hydrogens (tertiary/aromatic N) is 1. The second-order valence-electron chi connectivity index (χ2n) is 4.78. The highest BCUT2D eigenvalue weighted by atomic mass is 32.1. The van der Waals surface area contributed by atoms with E-state index in [4.69, 9.17) is 9.15 Å². The van der Waals surface area contributed by atoms with Crippen molar-refractivity contribution >= 4 is 22.4 Å². The predicted octanol–water partition coefficient (Wildman–Crippen LogP) is 2.30. The topological polar surface area (TPSA) is 71.8 Å². The lowest BCUT2D eigenvalue weighted by Gasteiger charge is -2.38. The largest absolute Gasteiger partial charge is 0.486 e. The monoisotopic (exact) mass is 306 g/mol. The van der Waals surface area contributed by atoms with Crippen LogP contribution in [0.2, 0.25) is 0 Å². The van der Waals surface area contributed by atoms with E-state index in [0.29, 0.717) is 24.6 Å². The Morgan fingerprint density at radius 1 is 1.48 bits per heavy atom. The molecule has 21 heavy (non-hydrogen) atoms. The van der Waals surface area contributed by atoms with Crippen molar-refractivity contribution in [2.75, 3.05) is 18.4 Å². The number of ether oxygens (including phenoxy) is 1. The highest BCUT2D eigenvalue weighted by molar-refractivity contribution is 7.14. The fourth-order valence-corrected chi connectivity index (χ4v) is 2.66. The molecule has 0 radical (unpaired) electrons. The molecule has 6 nitrogen and oxygen atoms in total. The third-order valence-corrected chi connectivity index (χ3v) is 3.84. The lowest BCUT2D eigenvalue weighted by Crippen LogP contribution is -2.57. The normalized spacial score (nSPS) is 14.6. The van der Waals surface area contributed by atoms with Gasteiger partial charge in [0.05, 0.1) is 24.2 Å². The van der Waals surface area contributed by atoms with Gasteiger partial charge in [0.2, 0.25) is 0 Å². The molecule has 1 aliphatic heterocycles. The molecule has 0 atom stereocenters. The molecule has 2 aromatic rings. The maximum absolute atomic E-state index is 11.9. The minimum absolute atomic E-state index is 0.0970. The summed E-state index contributed by atoms with van der Waals surface area (Å²) < 4.78 is 10.5. The molecule has 0 aromatic carbocycles. The smallest absolute Gasteiger partial charge is 0.339 e. The predicted molar refractivity (Wildman–Crippen MR) is 79.0 cm³/mol. The van der Waals surface area contributed by atoms with E-state index < -0.39 is 5.63 Å². The first-order valence-corrected chi connectivity index (χ1v) is 7.36. The van der Waals surface area contributed by atoms with Gasteiger partial charge in [0.15, 0.2) is 0 Å². The van der Waals surface area contributed by atoms with Crippen LogP contribution in [0, 0.1) is 6.92 Å². The van der Waals surface area contributed by atoms with Gasteiger partial charge in [0.25, 0.3) is 0 Å². The number of amides is 2. The summed E-state index contributed by atoms with van der Waals surface area (Å²) in [5.74, 6) is 0.983. The molecule has 3 heterocycles. The summed E-state index contributed by atoms with van der Waals surface area (Å²) in [5.41, 5.74) is -0.434. The van der Waals surface area contributed by atoms with Crippen LogP contribution in [0.5, 0.6) is 5.75 Å². The van der Waals surface area contributed by atoms with Crippen LogP contribution in [-0.2, 0) is 0 Å². The van der Waals surface area contributed by atoms with E-state index in [9.17, 15) is 9.59 Å². The standard InChI is InChI=1S/C14H14N2O4S/c1-9-5-10(6-13(17)19-9)20-11-7-16(8-11)14(18)15-12-3-2-4-21-12/h2-6,11H,7-8H2,1H3,(H,15,18). The Kier molecular flexibility index (Phi) is 3.66. The van der Waals surface area contributed by atoms with Gasteiger partial charge >= 0.3 is 11.7 Å². The molecule has 2 aromatic heterocycles. The SMILES string of the molecule is Cc1cc(OC2CN(C(=O)Nc3cccs3)C2)cc(=O)o1. The first-order valence-electron chi connectivity index (χ1n) is 6.48. The molecule has 7 heteroatoms. The summed E-state index contributed by atoms with van der Waals surface area (Å²) in [5, 5.41) is 5.54. The van der Waals surface area contributed by atoms with Crippen LogP contribution in [-0.4, -0.2) is 30.1 Å². The van der Waals surface area contributed by atoms with E-state index in [-0.39, 0.29) is 12.1 Å². The number of carbonyl (C=O) groups is 1. The molecule has 1 N–H and O–H groups in total. The van der Waals surface area contributed by atoms with E-state index in [1.807, 2.05) is 17.5 Å². The molecule has 1 fully saturated rings. The van der Waals surface area contributed by atoms with Gasteiger partial charge in [0.1, 0.15) is 17.6 Å². The summed E-state index contributed by atoms with van der Waals surface area (Å²) in [6, 6.07) is 6.56. The molecular formula is C14H14N2O4S. The maximum Gasteiger partial charge on any atom is 0.339 e. The third kappa shape index (κ3) is 3.25. The quantitative estimate of drug-likeness (QED) is 0.944. The molecule has 0 saturated carbocycles. The summed E-state index contributed by atoms with van der Waals surface area (Å²) in [7, 11) is 0. The van der Waals surface area contributed by atoms with Crippen molar-refractivity contribution in [1.82, 2.24) is 4.90 Å². The zero-order chi connectivity index (χ0) is 14.8. The van der Waals surface area contributed by atoms with Crippen molar-refractivity contribution in [2.45, 2.75) is 13.0 Å². The fourth-order valence-electron chi connectivity index (χ4n) is 2.05. The van der Waals surface area contributed by atoms with Crippen molar-refractivity contribution in [1.29, 1.82) is 0 Å². The first kappa shape index (κ1) is 13.7. The Hall–Kier alpha value is -2.28. The first-order chi connectivity index (χ1) is 10.1. The van der Waals surface area contributed by atoms with E-state index in [1.165, 1.54) is 17.4 Å². The maximum atomic E-state index is 11.9. The number of aryl methyl sites for hydroxylation is 1. The third-order valence-electron chi connectivity index (χ3n) is 3.06. The van der Waals surface area contributed by atoms with E-state index in [0.717, 1.165) is 5.00 Å². The van der Waals surface area contributed by atoms with Crippen molar-refractivity contribution in [3.05, 3.63) is 45.8 Å². The van der Waals surface area contributed by atoms with Gasteiger partial charge in [-0.25, -0.2) is 9.59 Å². The zero-order valence-corrected chi connectivity index (χ0v) is 12.2. The van der Waals surface area contributed by atoms with Crippen LogP contribution in [0.1, 0.15) is 5.76 Å². The zero-order valence-electron chi connectivity index (χ0n) is 11.4. The molecule has 0 unspecified atom stereocenters. The molecule has 1 aliphatic rings. The van der Waals surface area contributed by atoms with Gasteiger partial charge in [-0.15, -0.1) is 11.3 Å². The summed E-state index contributed by atoms with van der Waals surface area (Å²) in [4.78, 5) is 24.8. The van der Waals surface area contributed by atoms with E-state index in [2.05, 4.69) is 5.32 Å². The van der Waals surface area contributed by atoms with Crippen LogP contribution in [0.3, 0.4) is 0 Å². The lowest BCUT2D eigenvalue weighted by molar-refractivity contribution is 0.0487. The van der Waals surface area contributed by atoms with Crippen molar-refractivity contribution in [3.8, 4) is 5.75 Å². The van der Waals surface area contributed by atoms with Gasteiger partial charge in [-0.3, -0.25) is 5.32 Å². The minimum Gasteiger partial charge on any atom is -0.486 e. The summed E-state index contributed by atoms with van der Waals surface area (Å²) in [6.07, 6.45) is -0.0970. The van der Waals surface area contributed by atoms with E-state index >= 15 is 0 Å². The van der Waals surface area contributed by atoms with Crippen LogP contribution in [0.4, 0.5) is 9.80 Å².